The smallest absolute Gasteiger partial charge is 0.175 e. The van der Waals surface area contributed by atoms with Gasteiger partial charge in [0, 0.05) is 12.3 Å². The lowest BCUT2D eigenvalue weighted by atomic mass is 10.1. The van der Waals surface area contributed by atoms with Gasteiger partial charge in [0.1, 0.15) is 0 Å². The number of hydrogen-bond donors (Lipinski definition) is 1. The molecule has 2 aromatic carbocycles. The number of nitrogens with one attached hydrogen (secondary N) is 1. The molecule has 0 unspecified atom stereocenters. The predicted octanol–water partition coefficient (Wildman–Crippen LogP) is 3.32. The fourth-order valence-electron chi connectivity index (χ4n) is 2.73. The standard InChI is InChI=1S/C16H16ClNO2S/c1-21(19,20)14-6-7-15(17)16(10-14)18-13-8-11-4-2-3-5-12(11)9-13/h2-7,10,13,18H,8-9H2,1H3. The van der Waals surface area contributed by atoms with Gasteiger partial charge in [0.2, 0.25) is 0 Å². The topological polar surface area (TPSA) is 46.2 Å². The van der Waals surface area contributed by atoms with Gasteiger partial charge in [-0.2, -0.15) is 0 Å². The van der Waals surface area contributed by atoms with E-state index in [9.17, 15) is 8.42 Å². The molecule has 2 aromatic rings. The molecule has 0 fully saturated rings. The van der Waals surface area contributed by atoms with Crippen molar-refractivity contribution in [3.8, 4) is 0 Å². The lowest BCUT2D eigenvalue weighted by molar-refractivity contribution is 0.602. The third-order valence-corrected chi connectivity index (χ3v) is 5.22. The summed E-state index contributed by atoms with van der Waals surface area (Å²) in [5.74, 6) is 0. The van der Waals surface area contributed by atoms with Crippen molar-refractivity contribution in [3.63, 3.8) is 0 Å². The van der Waals surface area contributed by atoms with Crippen LogP contribution in [0.3, 0.4) is 0 Å². The Bertz CT molecular complexity index is 762. The van der Waals surface area contributed by atoms with Crippen molar-refractivity contribution in [2.75, 3.05) is 11.6 Å². The highest BCUT2D eigenvalue weighted by atomic mass is 35.5. The first kappa shape index (κ1) is 14.4. The van der Waals surface area contributed by atoms with E-state index in [1.54, 1.807) is 12.1 Å². The van der Waals surface area contributed by atoms with E-state index in [1.165, 1.54) is 23.4 Å². The van der Waals surface area contributed by atoms with Gasteiger partial charge in [0.25, 0.3) is 0 Å². The maximum Gasteiger partial charge on any atom is 0.175 e. The van der Waals surface area contributed by atoms with E-state index in [4.69, 9.17) is 11.6 Å². The third-order valence-electron chi connectivity index (χ3n) is 3.78. The molecule has 1 aliphatic rings. The SMILES string of the molecule is CS(=O)(=O)c1ccc(Cl)c(NC2Cc3ccccc3C2)c1. The number of anilines is 1. The van der Waals surface area contributed by atoms with E-state index in [1.807, 2.05) is 12.1 Å². The lowest BCUT2D eigenvalue weighted by Gasteiger charge is -2.15. The van der Waals surface area contributed by atoms with Gasteiger partial charge in [-0.25, -0.2) is 8.42 Å². The zero-order valence-corrected chi connectivity index (χ0v) is 13.2. The molecule has 1 aliphatic carbocycles. The third kappa shape index (κ3) is 3.06. The van der Waals surface area contributed by atoms with E-state index >= 15 is 0 Å². The summed E-state index contributed by atoms with van der Waals surface area (Å²) >= 11 is 6.18. The lowest BCUT2D eigenvalue weighted by Crippen LogP contribution is -2.19. The molecule has 0 aromatic heterocycles. The quantitative estimate of drug-likeness (QED) is 0.943. The Morgan fingerprint density at radius 1 is 1.10 bits per heavy atom. The molecule has 0 radical (unpaired) electrons. The summed E-state index contributed by atoms with van der Waals surface area (Å²) in [7, 11) is -3.23. The van der Waals surface area contributed by atoms with Crippen LogP contribution in [0.5, 0.6) is 0 Å². The maximum atomic E-state index is 11.6. The number of fused-ring (bicyclic) bond motifs is 1. The Balaban J connectivity index is 1.84. The highest BCUT2D eigenvalue weighted by Crippen LogP contribution is 2.29. The van der Waals surface area contributed by atoms with E-state index in [0.717, 1.165) is 12.8 Å². The molecule has 0 bridgehead atoms. The van der Waals surface area contributed by atoms with Crippen molar-refractivity contribution in [3.05, 3.63) is 58.6 Å². The number of benzene rings is 2. The average molecular weight is 322 g/mol. The zero-order valence-electron chi connectivity index (χ0n) is 11.6. The molecule has 0 saturated carbocycles. The normalized spacial score (nSPS) is 15.0. The van der Waals surface area contributed by atoms with Gasteiger partial charge >= 0.3 is 0 Å². The largest absolute Gasteiger partial charge is 0.380 e. The molecule has 0 saturated heterocycles. The van der Waals surface area contributed by atoms with Crippen LogP contribution in [0.2, 0.25) is 5.02 Å². The summed E-state index contributed by atoms with van der Waals surface area (Å²) in [5.41, 5.74) is 3.35. The van der Waals surface area contributed by atoms with Crippen LogP contribution in [0.4, 0.5) is 5.69 Å². The highest BCUT2D eigenvalue weighted by Gasteiger charge is 2.21. The summed E-state index contributed by atoms with van der Waals surface area (Å²) in [6, 6.07) is 13.4. The minimum absolute atomic E-state index is 0.245. The molecule has 0 heterocycles. The van der Waals surface area contributed by atoms with E-state index < -0.39 is 9.84 Å². The molecule has 21 heavy (non-hydrogen) atoms. The number of sulfone groups is 1. The predicted molar refractivity (Wildman–Crippen MR) is 85.8 cm³/mol. The second kappa shape index (κ2) is 5.35. The first-order chi connectivity index (χ1) is 9.93. The minimum atomic E-state index is -3.23. The van der Waals surface area contributed by atoms with Crippen LogP contribution in [-0.2, 0) is 22.7 Å². The molecule has 5 heteroatoms. The Morgan fingerprint density at radius 3 is 2.29 bits per heavy atom. The van der Waals surface area contributed by atoms with Gasteiger partial charge in [-0.05, 0) is 42.2 Å². The van der Waals surface area contributed by atoms with Crippen LogP contribution in [0, 0.1) is 0 Å². The van der Waals surface area contributed by atoms with Gasteiger partial charge in [-0.3, -0.25) is 0 Å². The number of rotatable bonds is 3. The van der Waals surface area contributed by atoms with Gasteiger partial charge in [0.15, 0.2) is 9.84 Å². The van der Waals surface area contributed by atoms with Gasteiger partial charge in [0.05, 0.1) is 15.6 Å². The van der Waals surface area contributed by atoms with Crippen molar-refractivity contribution < 1.29 is 8.42 Å². The van der Waals surface area contributed by atoms with Crippen LogP contribution < -0.4 is 5.32 Å². The Labute approximate surface area is 129 Å². The molecule has 0 spiro atoms. The molecular weight excluding hydrogens is 306 g/mol. The Kier molecular flexibility index (Phi) is 3.68. The van der Waals surface area contributed by atoms with Crippen LogP contribution in [-0.4, -0.2) is 20.7 Å². The van der Waals surface area contributed by atoms with Crippen LogP contribution >= 0.6 is 11.6 Å². The summed E-state index contributed by atoms with van der Waals surface area (Å²) in [6.07, 6.45) is 3.05. The van der Waals surface area contributed by atoms with E-state index in [-0.39, 0.29) is 10.9 Å². The minimum Gasteiger partial charge on any atom is -0.380 e. The van der Waals surface area contributed by atoms with E-state index in [0.29, 0.717) is 10.7 Å². The molecule has 0 atom stereocenters. The van der Waals surface area contributed by atoms with Crippen LogP contribution in [0.1, 0.15) is 11.1 Å². The van der Waals surface area contributed by atoms with Crippen molar-refractivity contribution >= 4 is 27.1 Å². The molecule has 0 amide bonds. The average Bonchev–Trinajstić information content (AvgIpc) is 2.82. The summed E-state index contributed by atoms with van der Waals surface area (Å²) in [5, 5.41) is 3.91. The van der Waals surface area contributed by atoms with E-state index in [2.05, 4.69) is 17.4 Å². The first-order valence-electron chi connectivity index (χ1n) is 6.76. The van der Waals surface area contributed by atoms with Crippen LogP contribution in [0.15, 0.2) is 47.4 Å². The monoisotopic (exact) mass is 321 g/mol. The van der Waals surface area contributed by atoms with Gasteiger partial charge in [-0.15, -0.1) is 0 Å². The van der Waals surface area contributed by atoms with Crippen molar-refractivity contribution in [2.45, 2.75) is 23.8 Å². The summed E-state index contributed by atoms with van der Waals surface area (Å²) < 4.78 is 23.3. The molecule has 0 aliphatic heterocycles. The number of halogens is 1. The van der Waals surface area contributed by atoms with Crippen molar-refractivity contribution in [2.24, 2.45) is 0 Å². The van der Waals surface area contributed by atoms with Crippen molar-refractivity contribution in [1.82, 2.24) is 0 Å². The highest BCUT2D eigenvalue weighted by molar-refractivity contribution is 7.90. The molecular formula is C16H16ClNO2S. The van der Waals surface area contributed by atoms with Gasteiger partial charge < -0.3 is 5.32 Å². The summed E-state index contributed by atoms with van der Waals surface area (Å²) in [4.78, 5) is 0.282. The Hall–Kier alpha value is -1.52. The maximum absolute atomic E-state index is 11.6. The zero-order chi connectivity index (χ0) is 15.0. The molecule has 3 rings (SSSR count). The summed E-state index contributed by atoms with van der Waals surface area (Å²) in [6.45, 7) is 0. The fourth-order valence-corrected chi connectivity index (χ4v) is 3.55. The van der Waals surface area contributed by atoms with Crippen LogP contribution in [0.25, 0.3) is 0 Å². The molecule has 3 nitrogen and oxygen atoms in total. The molecule has 1 N–H and O–H groups in total. The van der Waals surface area contributed by atoms with Crippen molar-refractivity contribution in [1.29, 1.82) is 0 Å². The molecule has 110 valence electrons. The second-order valence-corrected chi connectivity index (χ2v) is 7.85. The second-order valence-electron chi connectivity index (χ2n) is 5.43. The number of hydrogen-bond acceptors (Lipinski definition) is 3. The first-order valence-corrected chi connectivity index (χ1v) is 9.03. The Morgan fingerprint density at radius 2 is 1.71 bits per heavy atom. The fraction of sp³-hybridized carbons (Fsp3) is 0.250. The van der Waals surface area contributed by atoms with Gasteiger partial charge in [-0.1, -0.05) is 35.9 Å².